The molecule has 5 heteroatoms. The Morgan fingerprint density at radius 1 is 1.59 bits per heavy atom. The van der Waals surface area contributed by atoms with Crippen molar-refractivity contribution in [3.63, 3.8) is 0 Å². The predicted molar refractivity (Wildman–Crippen MR) is 59.9 cm³/mol. The average Bonchev–Trinajstić information content (AvgIpc) is 2.79. The molecule has 2 heterocycles. The fourth-order valence-corrected chi connectivity index (χ4v) is 2.13. The van der Waals surface area contributed by atoms with Gasteiger partial charge in [0.25, 0.3) is 0 Å². The Balaban J connectivity index is 2.14. The van der Waals surface area contributed by atoms with Crippen molar-refractivity contribution in [2.24, 2.45) is 5.92 Å². The molecule has 1 aliphatic rings. The van der Waals surface area contributed by atoms with Crippen LogP contribution in [0.3, 0.4) is 0 Å². The van der Waals surface area contributed by atoms with Crippen LogP contribution < -0.4 is 5.32 Å². The maximum atomic E-state index is 12.7. The zero-order valence-electron chi connectivity index (χ0n) is 9.65. The zero-order valence-corrected chi connectivity index (χ0v) is 9.65. The standard InChI is InChI=1S/C12H15FN2O2/c1-2-17-12(16)10-7-14-6-9(10)8-3-4-11(13)15-5-8/h3-5,9-10,14H,2,6-7H2,1H3. The van der Waals surface area contributed by atoms with Crippen LogP contribution in [0.1, 0.15) is 18.4 Å². The first-order chi connectivity index (χ1) is 8.22. The third kappa shape index (κ3) is 2.61. The van der Waals surface area contributed by atoms with Crippen LogP contribution >= 0.6 is 0 Å². The maximum absolute atomic E-state index is 12.7. The third-order valence-electron chi connectivity index (χ3n) is 2.98. The molecule has 1 saturated heterocycles. The number of carbonyl (C=O) groups is 1. The SMILES string of the molecule is CCOC(=O)C1CNCC1c1ccc(F)nc1. The Bertz CT molecular complexity index is 394. The van der Waals surface area contributed by atoms with Crippen molar-refractivity contribution in [2.75, 3.05) is 19.7 Å². The molecule has 0 saturated carbocycles. The number of nitrogens with one attached hydrogen (secondary N) is 1. The summed E-state index contributed by atoms with van der Waals surface area (Å²) in [4.78, 5) is 15.4. The van der Waals surface area contributed by atoms with Gasteiger partial charge in [0.15, 0.2) is 0 Å². The second-order valence-corrected chi connectivity index (χ2v) is 4.04. The normalized spacial score (nSPS) is 23.6. The minimum absolute atomic E-state index is 0.0159. The minimum Gasteiger partial charge on any atom is -0.466 e. The number of pyridine rings is 1. The van der Waals surface area contributed by atoms with Gasteiger partial charge < -0.3 is 10.1 Å². The molecule has 2 rings (SSSR count). The van der Waals surface area contributed by atoms with Gasteiger partial charge in [-0.1, -0.05) is 6.07 Å². The van der Waals surface area contributed by atoms with Gasteiger partial charge in [-0.05, 0) is 18.6 Å². The van der Waals surface area contributed by atoms with Gasteiger partial charge in [0.05, 0.1) is 12.5 Å². The van der Waals surface area contributed by atoms with Crippen LogP contribution in [0.2, 0.25) is 0 Å². The first kappa shape index (κ1) is 12.0. The van der Waals surface area contributed by atoms with Crippen molar-refractivity contribution in [3.05, 3.63) is 29.8 Å². The molecule has 2 unspecified atom stereocenters. The highest BCUT2D eigenvalue weighted by Crippen LogP contribution is 2.28. The lowest BCUT2D eigenvalue weighted by atomic mass is 9.90. The number of nitrogens with zero attached hydrogens (tertiary/aromatic N) is 1. The maximum Gasteiger partial charge on any atom is 0.310 e. The molecule has 1 N–H and O–H groups in total. The highest BCUT2D eigenvalue weighted by atomic mass is 19.1. The molecule has 1 aliphatic heterocycles. The molecule has 17 heavy (non-hydrogen) atoms. The van der Waals surface area contributed by atoms with Crippen LogP contribution in [-0.2, 0) is 9.53 Å². The molecule has 1 fully saturated rings. The van der Waals surface area contributed by atoms with E-state index in [1.165, 1.54) is 12.3 Å². The van der Waals surface area contributed by atoms with Crippen LogP contribution in [0.4, 0.5) is 4.39 Å². The summed E-state index contributed by atoms with van der Waals surface area (Å²) in [5.41, 5.74) is 0.870. The van der Waals surface area contributed by atoms with Crippen LogP contribution in [0, 0.1) is 11.9 Å². The second kappa shape index (κ2) is 5.23. The van der Waals surface area contributed by atoms with E-state index >= 15 is 0 Å². The number of ether oxygens (including phenoxy) is 1. The molecule has 0 bridgehead atoms. The molecule has 0 aliphatic carbocycles. The minimum atomic E-state index is -0.507. The summed E-state index contributed by atoms with van der Waals surface area (Å²) in [7, 11) is 0. The van der Waals surface area contributed by atoms with E-state index in [0.29, 0.717) is 19.7 Å². The van der Waals surface area contributed by atoms with Gasteiger partial charge in [0.1, 0.15) is 0 Å². The summed E-state index contributed by atoms with van der Waals surface area (Å²) >= 11 is 0. The van der Waals surface area contributed by atoms with E-state index in [1.807, 2.05) is 0 Å². The zero-order chi connectivity index (χ0) is 12.3. The smallest absolute Gasteiger partial charge is 0.310 e. The van der Waals surface area contributed by atoms with Crippen molar-refractivity contribution >= 4 is 5.97 Å². The van der Waals surface area contributed by atoms with Crippen molar-refractivity contribution in [2.45, 2.75) is 12.8 Å². The van der Waals surface area contributed by atoms with E-state index in [2.05, 4.69) is 10.3 Å². The van der Waals surface area contributed by atoms with Crippen molar-refractivity contribution in [1.29, 1.82) is 0 Å². The number of esters is 1. The van der Waals surface area contributed by atoms with Gasteiger partial charge in [0, 0.05) is 25.2 Å². The second-order valence-electron chi connectivity index (χ2n) is 4.04. The van der Waals surface area contributed by atoms with Gasteiger partial charge in [-0.3, -0.25) is 4.79 Å². The van der Waals surface area contributed by atoms with E-state index < -0.39 is 5.95 Å². The quantitative estimate of drug-likeness (QED) is 0.632. The van der Waals surface area contributed by atoms with E-state index in [1.54, 1.807) is 13.0 Å². The summed E-state index contributed by atoms with van der Waals surface area (Å²) in [6.45, 7) is 3.45. The predicted octanol–water partition coefficient (Wildman–Crippen LogP) is 1.09. The molecule has 2 atom stereocenters. The van der Waals surface area contributed by atoms with Crippen LogP contribution in [-0.4, -0.2) is 30.6 Å². The van der Waals surface area contributed by atoms with Crippen LogP contribution in [0.5, 0.6) is 0 Å². The van der Waals surface area contributed by atoms with Gasteiger partial charge in [-0.25, -0.2) is 4.98 Å². The lowest BCUT2D eigenvalue weighted by Crippen LogP contribution is -2.24. The third-order valence-corrected chi connectivity index (χ3v) is 2.98. The van der Waals surface area contributed by atoms with E-state index in [4.69, 9.17) is 4.74 Å². The lowest BCUT2D eigenvalue weighted by Gasteiger charge is -2.16. The van der Waals surface area contributed by atoms with E-state index in [9.17, 15) is 9.18 Å². The Hall–Kier alpha value is -1.49. The van der Waals surface area contributed by atoms with Gasteiger partial charge in [0.2, 0.25) is 5.95 Å². The molecule has 0 radical (unpaired) electrons. The van der Waals surface area contributed by atoms with Crippen LogP contribution in [0.25, 0.3) is 0 Å². The van der Waals surface area contributed by atoms with E-state index in [-0.39, 0.29) is 17.8 Å². The molecule has 4 nitrogen and oxygen atoms in total. The largest absolute Gasteiger partial charge is 0.466 e. The van der Waals surface area contributed by atoms with Crippen LogP contribution in [0.15, 0.2) is 18.3 Å². The fourth-order valence-electron chi connectivity index (χ4n) is 2.13. The lowest BCUT2D eigenvalue weighted by molar-refractivity contribution is -0.147. The number of aromatic nitrogens is 1. The van der Waals surface area contributed by atoms with Crippen molar-refractivity contribution in [3.8, 4) is 0 Å². The average molecular weight is 238 g/mol. The molecule has 0 spiro atoms. The summed E-state index contributed by atoms with van der Waals surface area (Å²) in [5, 5.41) is 3.15. The van der Waals surface area contributed by atoms with Crippen molar-refractivity contribution in [1.82, 2.24) is 10.3 Å². The molecule has 1 aromatic heterocycles. The van der Waals surface area contributed by atoms with Gasteiger partial charge in [-0.15, -0.1) is 0 Å². The highest BCUT2D eigenvalue weighted by molar-refractivity contribution is 5.74. The first-order valence-corrected chi connectivity index (χ1v) is 5.71. The number of halogens is 1. The highest BCUT2D eigenvalue weighted by Gasteiger charge is 2.35. The monoisotopic (exact) mass is 238 g/mol. The molecule has 92 valence electrons. The Morgan fingerprint density at radius 3 is 3.06 bits per heavy atom. The molecular formula is C12H15FN2O2. The Labute approximate surface area is 99.2 Å². The molecular weight excluding hydrogens is 223 g/mol. The molecule has 0 aromatic carbocycles. The summed E-state index contributed by atoms with van der Waals surface area (Å²) in [6, 6.07) is 2.99. The summed E-state index contributed by atoms with van der Waals surface area (Å²) in [6.07, 6.45) is 1.49. The molecule has 0 amide bonds. The first-order valence-electron chi connectivity index (χ1n) is 5.71. The number of rotatable bonds is 3. The number of hydrogen-bond donors (Lipinski definition) is 1. The summed E-state index contributed by atoms with van der Waals surface area (Å²) in [5.74, 6) is -0.899. The van der Waals surface area contributed by atoms with E-state index in [0.717, 1.165) is 5.56 Å². The Morgan fingerprint density at radius 2 is 2.41 bits per heavy atom. The number of hydrogen-bond acceptors (Lipinski definition) is 4. The van der Waals surface area contributed by atoms with Gasteiger partial charge in [-0.2, -0.15) is 4.39 Å². The Kier molecular flexibility index (Phi) is 3.68. The van der Waals surface area contributed by atoms with Gasteiger partial charge >= 0.3 is 5.97 Å². The number of carbonyl (C=O) groups excluding carboxylic acids is 1. The topological polar surface area (TPSA) is 51.2 Å². The fraction of sp³-hybridized carbons (Fsp3) is 0.500. The van der Waals surface area contributed by atoms with Crippen molar-refractivity contribution < 1.29 is 13.9 Å². The molecule has 1 aromatic rings. The summed E-state index contributed by atoms with van der Waals surface area (Å²) < 4.78 is 17.8.